The van der Waals surface area contributed by atoms with Crippen molar-refractivity contribution in [3.05, 3.63) is 17.0 Å². The summed E-state index contributed by atoms with van der Waals surface area (Å²) in [6.45, 7) is 1.60. The molecule has 6 nitrogen and oxygen atoms in total. The van der Waals surface area contributed by atoms with Crippen molar-refractivity contribution in [1.29, 1.82) is 0 Å². The van der Waals surface area contributed by atoms with Crippen molar-refractivity contribution < 1.29 is 23.5 Å². The first-order valence-electron chi connectivity index (χ1n) is 5.98. The van der Waals surface area contributed by atoms with Crippen LogP contribution in [0.5, 0.6) is 0 Å². The van der Waals surface area contributed by atoms with E-state index < -0.39 is 24.5 Å². The molecule has 0 fully saturated rings. The standard InChI is InChI=1S/C12H17F2N3O3/c1-6-9(7(2)17(15-6)12(13)14)5-10(18)16(4)8(3)11(19)20/h8,12H,5H2,1-4H3,(H,19,20). The first-order chi connectivity index (χ1) is 9.16. The Kier molecular flexibility index (Phi) is 4.80. The molecule has 0 saturated carbocycles. The average molecular weight is 289 g/mol. The number of halogens is 2. The van der Waals surface area contributed by atoms with Gasteiger partial charge in [0.1, 0.15) is 6.04 Å². The van der Waals surface area contributed by atoms with Crippen molar-refractivity contribution in [3.63, 3.8) is 0 Å². The quantitative estimate of drug-likeness (QED) is 0.888. The lowest BCUT2D eigenvalue weighted by Crippen LogP contribution is -2.41. The molecule has 1 N–H and O–H groups in total. The van der Waals surface area contributed by atoms with Crippen molar-refractivity contribution in [2.75, 3.05) is 7.05 Å². The van der Waals surface area contributed by atoms with Crippen LogP contribution in [0, 0.1) is 13.8 Å². The molecule has 0 aliphatic heterocycles. The van der Waals surface area contributed by atoms with Gasteiger partial charge in [0.05, 0.1) is 12.1 Å². The lowest BCUT2D eigenvalue weighted by Gasteiger charge is -2.21. The van der Waals surface area contributed by atoms with Crippen LogP contribution >= 0.6 is 0 Å². The molecule has 8 heteroatoms. The van der Waals surface area contributed by atoms with E-state index in [0.717, 1.165) is 4.90 Å². The molecular weight excluding hydrogens is 272 g/mol. The third-order valence-electron chi connectivity index (χ3n) is 3.32. The number of aryl methyl sites for hydroxylation is 1. The number of aromatic nitrogens is 2. The molecule has 0 saturated heterocycles. The molecule has 1 amide bonds. The van der Waals surface area contributed by atoms with E-state index in [2.05, 4.69) is 5.10 Å². The highest BCUT2D eigenvalue weighted by atomic mass is 19.3. The molecule has 0 aromatic carbocycles. The van der Waals surface area contributed by atoms with Gasteiger partial charge in [0.2, 0.25) is 5.91 Å². The van der Waals surface area contributed by atoms with Crippen LogP contribution in [-0.4, -0.2) is 44.8 Å². The number of amides is 1. The molecule has 0 aliphatic carbocycles. The summed E-state index contributed by atoms with van der Waals surface area (Å²) in [6, 6.07) is -0.978. The van der Waals surface area contributed by atoms with Gasteiger partial charge in [-0.25, -0.2) is 9.48 Å². The van der Waals surface area contributed by atoms with Gasteiger partial charge >= 0.3 is 12.5 Å². The SMILES string of the molecule is Cc1nn(C(F)F)c(C)c1CC(=O)N(C)C(C)C(=O)O. The molecule has 1 aromatic heterocycles. The van der Waals surface area contributed by atoms with E-state index in [9.17, 15) is 18.4 Å². The fraction of sp³-hybridized carbons (Fsp3) is 0.583. The van der Waals surface area contributed by atoms with Gasteiger partial charge in [-0.05, 0) is 20.8 Å². The largest absolute Gasteiger partial charge is 0.480 e. The van der Waals surface area contributed by atoms with Crippen molar-refractivity contribution in [1.82, 2.24) is 14.7 Å². The van der Waals surface area contributed by atoms with E-state index in [1.807, 2.05) is 0 Å². The zero-order chi connectivity index (χ0) is 15.6. The van der Waals surface area contributed by atoms with Crippen LogP contribution in [0.25, 0.3) is 0 Å². The number of rotatable bonds is 5. The topological polar surface area (TPSA) is 75.4 Å². The molecule has 1 heterocycles. The van der Waals surface area contributed by atoms with E-state index in [0.29, 0.717) is 15.9 Å². The third kappa shape index (κ3) is 3.12. The Hall–Kier alpha value is -1.99. The van der Waals surface area contributed by atoms with E-state index in [1.165, 1.54) is 27.8 Å². The number of carboxylic acid groups (broad SMARTS) is 1. The second kappa shape index (κ2) is 5.98. The Balaban J connectivity index is 2.94. The van der Waals surface area contributed by atoms with Crippen molar-refractivity contribution >= 4 is 11.9 Å². The van der Waals surface area contributed by atoms with Crippen LogP contribution in [0.15, 0.2) is 0 Å². The Bertz CT molecular complexity index is 528. The summed E-state index contributed by atoms with van der Waals surface area (Å²) >= 11 is 0. The van der Waals surface area contributed by atoms with E-state index in [1.54, 1.807) is 0 Å². The predicted molar refractivity (Wildman–Crippen MR) is 66.5 cm³/mol. The van der Waals surface area contributed by atoms with Crippen molar-refractivity contribution in [2.45, 2.75) is 39.8 Å². The monoisotopic (exact) mass is 289 g/mol. The minimum Gasteiger partial charge on any atom is -0.480 e. The maximum absolute atomic E-state index is 12.7. The molecule has 1 rings (SSSR count). The van der Waals surface area contributed by atoms with Crippen LogP contribution in [0.2, 0.25) is 0 Å². The lowest BCUT2D eigenvalue weighted by molar-refractivity contribution is -0.148. The highest BCUT2D eigenvalue weighted by Crippen LogP contribution is 2.20. The fourth-order valence-electron chi connectivity index (χ4n) is 1.80. The summed E-state index contributed by atoms with van der Waals surface area (Å²) in [5.41, 5.74) is 0.953. The zero-order valence-corrected chi connectivity index (χ0v) is 11.7. The maximum atomic E-state index is 12.7. The lowest BCUT2D eigenvalue weighted by atomic mass is 10.1. The molecular formula is C12H17F2N3O3. The Morgan fingerprint density at radius 3 is 2.35 bits per heavy atom. The molecule has 1 aromatic rings. The summed E-state index contributed by atoms with van der Waals surface area (Å²) in [4.78, 5) is 23.9. The smallest absolute Gasteiger partial charge is 0.333 e. The molecule has 0 spiro atoms. The van der Waals surface area contributed by atoms with Gasteiger partial charge < -0.3 is 10.0 Å². The van der Waals surface area contributed by atoms with E-state index in [-0.39, 0.29) is 12.1 Å². The van der Waals surface area contributed by atoms with Gasteiger partial charge in [-0.3, -0.25) is 4.79 Å². The highest BCUT2D eigenvalue weighted by molar-refractivity contribution is 5.84. The number of nitrogens with zero attached hydrogens (tertiary/aromatic N) is 3. The van der Waals surface area contributed by atoms with Gasteiger partial charge in [0, 0.05) is 18.3 Å². The number of aliphatic carboxylic acids is 1. The summed E-state index contributed by atoms with van der Waals surface area (Å²) in [7, 11) is 1.36. The second-order valence-corrected chi connectivity index (χ2v) is 4.57. The van der Waals surface area contributed by atoms with Crippen LogP contribution in [0.1, 0.15) is 30.4 Å². The molecule has 1 atom stereocenters. The van der Waals surface area contributed by atoms with Crippen LogP contribution in [0.4, 0.5) is 8.78 Å². The summed E-state index contributed by atoms with van der Waals surface area (Å²) < 4.78 is 25.9. The van der Waals surface area contributed by atoms with Gasteiger partial charge in [-0.15, -0.1) is 0 Å². The van der Waals surface area contributed by atoms with Crippen molar-refractivity contribution in [3.8, 4) is 0 Å². The van der Waals surface area contributed by atoms with Gasteiger partial charge in [-0.1, -0.05) is 0 Å². The molecule has 0 aliphatic rings. The number of hydrogen-bond acceptors (Lipinski definition) is 3. The number of carbonyl (C=O) groups excluding carboxylic acids is 1. The number of carboxylic acids is 1. The molecule has 0 bridgehead atoms. The number of hydrogen-bond donors (Lipinski definition) is 1. The first kappa shape index (κ1) is 16.1. The van der Waals surface area contributed by atoms with Gasteiger partial charge in [0.25, 0.3) is 0 Å². The van der Waals surface area contributed by atoms with E-state index in [4.69, 9.17) is 5.11 Å². The van der Waals surface area contributed by atoms with Gasteiger partial charge in [-0.2, -0.15) is 13.9 Å². The Morgan fingerprint density at radius 1 is 1.40 bits per heavy atom. The molecule has 0 radical (unpaired) electrons. The number of carbonyl (C=O) groups is 2. The molecule has 20 heavy (non-hydrogen) atoms. The second-order valence-electron chi connectivity index (χ2n) is 4.57. The van der Waals surface area contributed by atoms with Gasteiger partial charge in [0.15, 0.2) is 0 Å². The van der Waals surface area contributed by atoms with E-state index >= 15 is 0 Å². The predicted octanol–water partition coefficient (Wildman–Crippen LogP) is 1.37. The summed E-state index contributed by atoms with van der Waals surface area (Å²) in [5.74, 6) is -1.59. The van der Waals surface area contributed by atoms with Crippen LogP contribution in [0.3, 0.4) is 0 Å². The summed E-state index contributed by atoms with van der Waals surface area (Å²) in [6.07, 6.45) is -0.154. The zero-order valence-electron chi connectivity index (χ0n) is 11.7. The number of likely N-dealkylation sites (N-methyl/N-ethyl adjacent to an activating group) is 1. The Labute approximate surface area is 115 Å². The van der Waals surface area contributed by atoms with Crippen molar-refractivity contribution in [2.24, 2.45) is 0 Å². The maximum Gasteiger partial charge on any atom is 0.333 e. The molecule has 112 valence electrons. The minimum atomic E-state index is -2.77. The number of alkyl halides is 2. The Morgan fingerprint density at radius 2 is 1.95 bits per heavy atom. The highest BCUT2D eigenvalue weighted by Gasteiger charge is 2.25. The first-order valence-corrected chi connectivity index (χ1v) is 5.98. The molecule has 1 unspecified atom stereocenters. The fourth-order valence-corrected chi connectivity index (χ4v) is 1.80. The summed E-state index contributed by atoms with van der Waals surface area (Å²) in [5, 5.41) is 12.5. The normalized spacial score (nSPS) is 12.6. The average Bonchev–Trinajstić information content (AvgIpc) is 2.64. The van der Waals surface area contributed by atoms with Crippen LogP contribution < -0.4 is 0 Å². The third-order valence-corrected chi connectivity index (χ3v) is 3.32. The minimum absolute atomic E-state index is 0.154. The van der Waals surface area contributed by atoms with Crippen LogP contribution in [-0.2, 0) is 16.0 Å².